The van der Waals surface area contributed by atoms with E-state index in [0.717, 1.165) is 6.07 Å². The molecule has 0 aliphatic rings. The van der Waals surface area contributed by atoms with Crippen LogP contribution in [0.25, 0.3) is 0 Å². The number of hydrogen-bond donors (Lipinski definition) is 3. The summed E-state index contributed by atoms with van der Waals surface area (Å²) in [5.41, 5.74) is 0.885. The van der Waals surface area contributed by atoms with Crippen molar-refractivity contribution in [2.75, 3.05) is 16.6 Å². The monoisotopic (exact) mass is 469 g/mol. The Balaban J connectivity index is 1.61. The number of nitrogens with one attached hydrogen (secondary N) is 3. The molecule has 0 fully saturated rings. The van der Waals surface area contributed by atoms with Crippen LogP contribution in [0.3, 0.4) is 0 Å². The van der Waals surface area contributed by atoms with Crippen molar-refractivity contribution in [1.29, 1.82) is 0 Å². The predicted octanol–water partition coefficient (Wildman–Crippen LogP) is 2.47. The van der Waals surface area contributed by atoms with Gasteiger partial charge >= 0.3 is 0 Å². The molecule has 0 spiro atoms. The fraction of sp³-hybridized carbons (Fsp3) is 0.0952. The van der Waals surface area contributed by atoms with E-state index in [1.54, 1.807) is 18.3 Å². The number of anilines is 2. The molecule has 0 atom stereocenters. The number of sulfonamides is 1. The Labute approximate surface area is 189 Å². The Bertz CT molecular complexity index is 1290. The number of nitro groups is 1. The first-order valence-corrected chi connectivity index (χ1v) is 11.0. The first-order valence-electron chi connectivity index (χ1n) is 9.52. The molecule has 2 aromatic carbocycles. The molecule has 2 amide bonds. The lowest BCUT2D eigenvalue weighted by Crippen LogP contribution is -2.32. The lowest BCUT2D eigenvalue weighted by Gasteiger charge is -2.10. The van der Waals surface area contributed by atoms with Gasteiger partial charge in [0.05, 0.1) is 28.2 Å². The summed E-state index contributed by atoms with van der Waals surface area (Å²) in [6.07, 6.45) is 3.03. The van der Waals surface area contributed by atoms with E-state index < -0.39 is 26.8 Å². The zero-order chi connectivity index (χ0) is 24.0. The standard InChI is InChI=1S/C21H19N5O6S/c1-14-4-9-18(11-19(14)26(29)30)33(31,32)25-16-7-5-15(6-8-16)21(28)23-13-20(27)24-17-3-2-10-22-12-17/h2-12,25H,13H2,1H3,(H,23,28)(H,24,27). The first kappa shape index (κ1) is 23.3. The molecular weight excluding hydrogens is 450 g/mol. The predicted molar refractivity (Wildman–Crippen MR) is 120 cm³/mol. The number of pyridine rings is 1. The number of hydrogen-bond acceptors (Lipinski definition) is 7. The summed E-state index contributed by atoms with van der Waals surface area (Å²) < 4.78 is 27.5. The SMILES string of the molecule is Cc1ccc(S(=O)(=O)Nc2ccc(C(=O)NCC(=O)Nc3cccnc3)cc2)cc1[N+](=O)[O-]. The summed E-state index contributed by atoms with van der Waals surface area (Å²) in [5.74, 6) is -0.965. The van der Waals surface area contributed by atoms with Gasteiger partial charge in [-0.3, -0.25) is 29.4 Å². The molecule has 3 rings (SSSR count). The molecule has 3 N–H and O–H groups in total. The van der Waals surface area contributed by atoms with E-state index in [2.05, 4.69) is 20.3 Å². The molecule has 1 aromatic heterocycles. The minimum Gasteiger partial charge on any atom is -0.343 e. The van der Waals surface area contributed by atoms with Crippen LogP contribution in [0.5, 0.6) is 0 Å². The summed E-state index contributed by atoms with van der Waals surface area (Å²) in [6, 6.07) is 12.4. The van der Waals surface area contributed by atoms with E-state index in [0.29, 0.717) is 11.3 Å². The lowest BCUT2D eigenvalue weighted by molar-refractivity contribution is -0.385. The van der Waals surface area contributed by atoms with Crippen LogP contribution in [0.4, 0.5) is 17.1 Å². The fourth-order valence-corrected chi connectivity index (χ4v) is 3.84. The van der Waals surface area contributed by atoms with Crippen molar-refractivity contribution >= 4 is 38.9 Å². The Morgan fingerprint density at radius 1 is 1.06 bits per heavy atom. The summed E-state index contributed by atoms with van der Waals surface area (Å²) in [4.78, 5) is 38.2. The zero-order valence-electron chi connectivity index (χ0n) is 17.3. The number of carbonyl (C=O) groups excluding carboxylic acids is 2. The Hall–Kier alpha value is -4.32. The third-order valence-corrected chi connectivity index (χ3v) is 5.82. The van der Waals surface area contributed by atoms with Gasteiger partial charge in [0.1, 0.15) is 0 Å². The van der Waals surface area contributed by atoms with E-state index in [1.807, 2.05) is 0 Å². The zero-order valence-corrected chi connectivity index (χ0v) is 18.1. The maximum atomic E-state index is 12.6. The van der Waals surface area contributed by atoms with Crippen molar-refractivity contribution in [2.45, 2.75) is 11.8 Å². The quantitative estimate of drug-likeness (QED) is 0.337. The molecule has 11 nitrogen and oxygen atoms in total. The molecule has 33 heavy (non-hydrogen) atoms. The van der Waals surface area contributed by atoms with Crippen LogP contribution < -0.4 is 15.4 Å². The van der Waals surface area contributed by atoms with Gasteiger partial charge in [-0.15, -0.1) is 0 Å². The topological polar surface area (TPSA) is 160 Å². The van der Waals surface area contributed by atoms with Gasteiger partial charge in [0.15, 0.2) is 0 Å². The molecule has 0 saturated carbocycles. The molecule has 0 aliphatic heterocycles. The summed E-state index contributed by atoms with van der Waals surface area (Å²) >= 11 is 0. The highest BCUT2D eigenvalue weighted by Gasteiger charge is 2.20. The van der Waals surface area contributed by atoms with Crippen molar-refractivity contribution in [2.24, 2.45) is 0 Å². The smallest absolute Gasteiger partial charge is 0.273 e. The largest absolute Gasteiger partial charge is 0.343 e. The molecule has 12 heteroatoms. The van der Waals surface area contributed by atoms with Crippen LogP contribution in [0.1, 0.15) is 15.9 Å². The van der Waals surface area contributed by atoms with Crippen LogP contribution in [0.15, 0.2) is 71.9 Å². The highest BCUT2D eigenvalue weighted by molar-refractivity contribution is 7.92. The van der Waals surface area contributed by atoms with E-state index in [-0.39, 0.29) is 28.4 Å². The second-order valence-electron chi connectivity index (χ2n) is 6.86. The molecule has 0 bridgehead atoms. The number of carbonyl (C=O) groups is 2. The number of aryl methyl sites for hydroxylation is 1. The second kappa shape index (κ2) is 9.87. The third kappa shape index (κ3) is 6.11. The molecule has 3 aromatic rings. The van der Waals surface area contributed by atoms with Crippen molar-refractivity contribution in [3.63, 3.8) is 0 Å². The van der Waals surface area contributed by atoms with Crippen LogP contribution in [0, 0.1) is 17.0 Å². The van der Waals surface area contributed by atoms with Gasteiger partial charge in [0.25, 0.3) is 21.6 Å². The van der Waals surface area contributed by atoms with Gasteiger partial charge in [-0.2, -0.15) is 0 Å². The van der Waals surface area contributed by atoms with Gasteiger partial charge in [-0.25, -0.2) is 8.42 Å². The maximum Gasteiger partial charge on any atom is 0.273 e. The maximum absolute atomic E-state index is 12.6. The number of nitro benzene ring substituents is 1. The van der Waals surface area contributed by atoms with E-state index in [9.17, 15) is 28.1 Å². The fourth-order valence-electron chi connectivity index (χ4n) is 2.76. The molecule has 0 aliphatic carbocycles. The molecule has 1 heterocycles. The minimum atomic E-state index is -4.08. The van der Waals surface area contributed by atoms with Crippen LogP contribution >= 0.6 is 0 Å². The second-order valence-corrected chi connectivity index (χ2v) is 8.54. The molecule has 170 valence electrons. The van der Waals surface area contributed by atoms with Crippen molar-refractivity contribution in [1.82, 2.24) is 10.3 Å². The third-order valence-electron chi connectivity index (χ3n) is 4.44. The van der Waals surface area contributed by atoms with E-state index >= 15 is 0 Å². The van der Waals surface area contributed by atoms with Crippen LogP contribution in [-0.2, 0) is 14.8 Å². The Morgan fingerprint density at radius 3 is 2.42 bits per heavy atom. The Kier molecular flexibility index (Phi) is 6.98. The number of nitrogens with zero attached hydrogens (tertiary/aromatic N) is 2. The Morgan fingerprint density at radius 2 is 1.79 bits per heavy atom. The number of aromatic nitrogens is 1. The average Bonchev–Trinajstić information content (AvgIpc) is 2.78. The van der Waals surface area contributed by atoms with Gasteiger partial charge in [0, 0.05) is 29.1 Å². The van der Waals surface area contributed by atoms with Gasteiger partial charge in [0.2, 0.25) is 5.91 Å². The molecule has 0 unspecified atom stereocenters. The van der Waals surface area contributed by atoms with Gasteiger partial charge < -0.3 is 10.6 Å². The summed E-state index contributed by atoms with van der Waals surface area (Å²) in [7, 11) is -4.08. The normalized spacial score (nSPS) is 10.8. The summed E-state index contributed by atoms with van der Waals surface area (Å²) in [6.45, 7) is 1.24. The average molecular weight is 469 g/mol. The first-order chi connectivity index (χ1) is 15.7. The molecule has 0 saturated heterocycles. The molecular formula is C21H19N5O6S. The van der Waals surface area contributed by atoms with Crippen molar-refractivity contribution < 1.29 is 22.9 Å². The van der Waals surface area contributed by atoms with E-state index in [1.165, 1.54) is 49.5 Å². The minimum absolute atomic E-state index is 0.157. The van der Waals surface area contributed by atoms with Crippen molar-refractivity contribution in [3.05, 3.63) is 88.2 Å². The molecule has 0 radical (unpaired) electrons. The number of amides is 2. The highest BCUT2D eigenvalue weighted by Crippen LogP contribution is 2.24. The highest BCUT2D eigenvalue weighted by atomic mass is 32.2. The number of benzene rings is 2. The van der Waals surface area contributed by atoms with Crippen LogP contribution in [0.2, 0.25) is 0 Å². The number of rotatable bonds is 8. The van der Waals surface area contributed by atoms with Gasteiger partial charge in [-0.05, 0) is 49.4 Å². The van der Waals surface area contributed by atoms with Crippen LogP contribution in [-0.4, -0.2) is 36.7 Å². The lowest BCUT2D eigenvalue weighted by atomic mass is 10.2. The van der Waals surface area contributed by atoms with E-state index in [4.69, 9.17) is 0 Å². The van der Waals surface area contributed by atoms with Crippen molar-refractivity contribution in [3.8, 4) is 0 Å². The summed E-state index contributed by atoms with van der Waals surface area (Å²) in [5, 5.41) is 16.1. The van der Waals surface area contributed by atoms with Gasteiger partial charge in [-0.1, -0.05) is 6.07 Å².